The first-order valence-corrected chi connectivity index (χ1v) is 11.4. The molecule has 11 heteroatoms. The standard InChI is InChI=1S/C20H25N5O5S/c1-12-5-8-15(17(9-12)25(2)31(4,28)29)22-16-10-18(23-19(26)13-6-7-13)21-11-14(16)20(27)24-30-3/h5,8-11,13H,6-7H2,1-4H3,(H,24,27)(H2,21,22,23,26). The maximum absolute atomic E-state index is 12.4. The van der Waals surface area contributed by atoms with Crippen molar-refractivity contribution < 1.29 is 22.8 Å². The molecule has 0 unspecified atom stereocenters. The number of aryl methyl sites for hydroxylation is 1. The summed E-state index contributed by atoms with van der Waals surface area (Å²) in [7, 11) is -0.771. The molecule has 166 valence electrons. The summed E-state index contributed by atoms with van der Waals surface area (Å²) in [6.45, 7) is 1.85. The third kappa shape index (κ3) is 5.50. The van der Waals surface area contributed by atoms with Gasteiger partial charge in [0.2, 0.25) is 15.9 Å². The van der Waals surface area contributed by atoms with Gasteiger partial charge in [-0.1, -0.05) is 6.07 Å². The molecule has 0 spiro atoms. The van der Waals surface area contributed by atoms with Crippen LogP contribution in [0.15, 0.2) is 30.5 Å². The Kier molecular flexibility index (Phi) is 6.46. The van der Waals surface area contributed by atoms with Crippen molar-refractivity contribution in [2.75, 3.05) is 35.4 Å². The van der Waals surface area contributed by atoms with Gasteiger partial charge >= 0.3 is 0 Å². The van der Waals surface area contributed by atoms with Crippen LogP contribution in [0.25, 0.3) is 0 Å². The number of aromatic nitrogens is 1. The van der Waals surface area contributed by atoms with Crippen molar-refractivity contribution >= 4 is 44.7 Å². The molecule has 31 heavy (non-hydrogen) atoms. The van der Waals surface area contributed by atoms with E-state index in [4.69, 9.17) is 4.84 Å². The molecule has 1 aliphatic rings. The SMILES string of the molecule is CONC(=O)c1cnc(NC(=O)C2CC2)cc1Nc1ccc(C)cc1N(C)S(C)(=O)=O. The average molecular weight is 448 g/mol. The number of pyridine rings is 1. The van der Waals surface area contributed by atoms with Crippen LogP contribution in [0, 0.1) is 12.8 Å². The number of carbonyl (C=O) groups excluding carboxylic acids is 2. The number of amides is 2. The molecule has 0 atom stereocenters. The van der Waals surface area contributed by atoms with Gasteiger partial charge in [-0.2, -0.15) is 0 Å². The maximum Gasteiger partial charge on any atom is 0.278 e. The lowest BCUT2D eigenvalue weighted by atomic mass is 10.1. The normalized spacial score (nSPS) is 13.4. The molecule has 1 fully saturated rings. The smallest absolute Gasteiger partial charge is 0.278 e. The van der Waals surface area contributed by atoms with Crippen LogP contribution in [0.2, 0.25) is 0 Å². The molecule has 0 radical (unpaired) electrons. The Morgan fingerprint density at radius 2 is 1.90 bits per heavy atom. The van der Waals surface area contributed by atoms with Crippen LogP contribution in [0.3, 0.4) is 0 Å². The van der Waals surface area contributed by atoms with Gasteiger partial charge in [0, 0.05) is 25.2 Å². The van der Waals surface area contributed by atoms with Gasteiger partial charge in [-0.25, -0.2) is 18.9 Å². The molecule has 1 aliphatic carbocycles. The fraction of sp³-hybridized carbons (Fsp3) is 0.350. The van der Waals surface area contributed by atoms with E-state index in [0.717, 1.165) is 29.0 Å². The third-order valence-corrected chi connectivity index (χ3v) is 5.99. The van der Waals surface area contributed by atoms with Crippen LogP contribution in [-0.2, 0) is 19.7 Å². The van der Waals surface area contributed by atoms with Crippen LogP contribution < -0.4 is 20.4 Å². The second kappa shape index (κ2) is 8.90. The summed E-state index contributed by atoms with van der Waals surface area (Å²) in [5.41, 5.74) is 4.43. The Bertz CT molecular complexity index is 1110. The molecule has 2 amide bonds. The highest BCUT2D eigenvalue weighted by atomic mass is 32.2. The second-order valence-electron chi connectivity index (χ2n) is 7.39. The number of hydrogen-bond donors (Lipinski definition) is 3. The van der Waals surface area contributed by atoms with Gasteiger partial charge in [-0.15, -0.1) is 0 Å². The van der Waals surface area contributed by atoms with Crippen LogP contribution >= 0.6 is 0 Å². The lowest BCUT2D eigenvalue weighted by Gasteiger charge is -2.22. The van der Waals surface area contributed by atoms with Crippen molar-refractivity contribution in [3.8, 4) is 0 Å². The highest BCUT2D eigenvalue weighted by Crippen LogP contribution is 2.33. The molecule has 1 aromatic carbocycles. The van der Waals surface area contributed by atoms with Gasteiger partial charge in [0.1, 0.15) is 5.82 Å². The number of rotatable bonds is 8. The Morgan fingerprint density at radius 1 is 1.19 bits per heavy atom. The van der Waals surface area contributed by atoms with Crippen LogP contribution in [0.5, 0.6) is 0 Å². The zero-order chi connectivity index (χ0) is 22.8. The van der Waals surface area contributed by atoms with Crippen molar-refractivity contribution in [2.24, 2.45) is 5.92 Å². The van der Waals surface area contributed by atoms with Gasteiger partial charge in [0.25, 0.3) is 5.91 Å². The van der Waals surface area contributed by atoms with Crippen LogP contribution in [-0.4, -0.2) is 45.6 Å². The Labute approximate surface area is 181 Å². The molecule has 0 bridgehead atoms. The number of sulfonamides is 1. The first-order chi connectivity index (χ1) is 14.6. The molecule has 1 saturated carbocycles. The summed E-state index contributed by atoms with van der Waals surface area (Å²) in [5.74, 6) is -0.414. The first-order valence-electron chi connectivity index (χ1n) is 9.56. The van der Waals surface area contributed by atoms with Gasteiger partial charge in [-0.3, -0.25) is 18.7 Å². The van der Waals surface area contributed by atoms with Crippen molar-refractivity contribution in [1.82, 2.24) is 10.5 Å². The van der Waals surface area contributed by atoms with E-state index >= 15 is 0 Å². The zero-order valence-corrected chi connectivity index (χ0v) is 18.5. The third-order valence-electron chi connectivity index (χ3n) is 4.80. The van der Waals surface area contributed by atoms with Crippen LogP contribution in [0.4, 0.5) is 22.9 Å². The molecule has 3 N–H and O–H groups in total. The van der Waals surface area contributed by atoms with E-state index in [0.29, 0.717) is 17.1 Å². The number of hydrogen-bond acceptors (Lipinski definition) is 7. The first kappa shape index (κ1) is 22.5. The fourth-order valence-electron chi connectivity index (χ4n) is 2.86. The van der Waals surface area contributed by atoms with Gasteiger partial charge in [-0.05, 0) is 37.5 Å². The molecule has 2 aromatic rings. The summed E-state index contributed by atoms with van der Waals surface area (Å²) >= 11 is 0. The topological polar surface area (TPSA) is 130 Å². The van der Waals surface area contributed by atoms with Crippen LogP contribution in [0.1, 0.15) is 28.8 Å². The number of nitrogens with one attached hydrogen (secondary N) is 3. The molecular formula is C20H25N5O5S. The maximum atomic E-state index is 12.4. The van der Waals surface area contributed by atoms with Crippen molar-refractivity contribution in [3.05, 3.63) is 41.6 Å². The number of nitrogens with zero attached hydrogens (tertiary/aromatic N) is 2. The minimum Gasteiger partial charge on any atom is -0.353 e. The Balaban J connectivity index is 2.02. The fourth-order valence-corrected chi connectivity index (χ4v) is 3.37. The second-order valence-corrected chi connectivity index (χ2v) is 9.40. The minimum atomic E-state index is -3.52. The van der Waals surface area contributed by atoms with E-state index in [2.05, 4.69) is 21.1 Å². The number of anilines is 4. The number of carbonyl (C=O) groups is 2. The zero-order valence-electron chi connectivity index (χ0n) is 17.7. The summed E-state index contributed by atoms with van der Waals surface area (Å²) in [6.07, 6.45) is 4.10. The Hall–Kier alpha value is -3.18. The molecular weight excluding hydrogens is 422 g/mol. The van der Waals surface area contributed by atoms with Gasteiger partial charge < -0.3 is 10.6 Å². The minimum absolute atomic E-state index is 0.0122. The van der Waals surface area contributed by atoms with Gasteiger partial charge in [0.05, 0.1) is 36.0 Å². The highest BCUT2D eigenvalue weighted by Gasteiger charge is 2.30. The van der Waals surface area contributed by atoms with Crippen molar-refractivity contribution in [3.63, 3.8) is 0 Å². The van der Waals surface area contributed by atoms with E-state index in [1.165, 1.54) is 26.4 Å². The molecule has 1 aromatic heterocycles. The summed E-state index contributed by atoms with van der Waals surface area (Å²) in [6, 6.07) is 6.77. The monoisotopic (exact) mass is 447 g/mol. The number of hydroxylamine groups is 1. The lowest BCUT2D eigenvalue weighted by molar-refractivity contribution is -0.117. The molecule has 0 aliphatic heterocycles. The van der Waals surface area contributed by atoms with E-state index in [1.807, 2.05) is 13.0 Å². The average Bonchev–Trinajstić information content (AvgIpc) is 3.54. The molecule has 3 rings (SSSR count). The molecule has 0 saturated heterocycles. The summed E-state index contributed by atoms with van der Waals surface area (Å²) in [4.78, 5) is 33.4. The van der Waals surface area contributed by atoms with E-state index in [-0.39, 0.29) is 23.2 Å². The van der Waals surface area contributed by atoms with E-state index in [9.17, 15) is 18.0 Å². The molecule has 1 heterocycles. The largest absolute Gasteiger partial charge is 0.353 e. The highest BCUT2D eigenvalue weighted by molar-refractivity contribution is 7.92. The number of benzene rings is 1. The quantitative estimate of drug-likeness (QED) is 0.529. The van der Waals surface area contributed by atoms with Crippen molar-refractivity contribution in [2.45, 2.75) is 19.8 Å². The van der Waals surface area contributed by atoms with Crippen molar-refractivity contribution in [1.29, 1.82) is 0 Å². The predicted octanol–water partition coefficient (Wildman–Crippen LogP) is 2.17. The van der Waals surface area contributed by atoms with E-state index < -0.39 is 15.9 Å². The summed E-state index contributed by atoms with van der Waals surface area (Å²) in [5, 5.41) is 5.84. The van der Waals surface area contributed by atoms with E-state index in [1.54, 1.807) is 12.1 Å². The Morgan fingerprint density at radius 3 is 2.52 bits per heavy atom. The summed E-state index contributed by atoms with van der Waals surface area (Å²) < 4.78 is 25.4. The predicted molar refractivity (Wildman–Crippen MR) is 118 cm³/mol. The lowest BCUT2D eigenvalue weighted by Crippen LogP contribution is -2.26. The van der Waals surface area contributed by atoms with Gasteiger partial charge in [0.15, 0.2) is 0 Å². The molecule has 10 nitrogen and oxygen atoms in total.